The van der Waals surface area contributed by atoms with Crippen molar-refractivity contribution in [2.75, 3.05) is 12.0 Å². The SMILES string of the molecule is COc1ccc(N2C(=O)NC(=O)/C(=C\c3ccc(-c4cccc(F)c4)o3)C2=O)cc1. The number of barbiturate groups is 1. The van der Waals surface area contributed by atoms with Gasteiger partial charge in [-0.1, -0.05) is 12.1 Å². The Labute approximate surface area is 170 Å². The fourth-order valence-corrected chi connectivity index (χ4v) is 2.99. The first-order chi connectivity index (χ1) is 14.5. The summed E-state index contributed by atoms with van der Waals surface area (Å²) in [5.74, 6) is -0.920. The molecular weight excluding hydrogens is 391 g/mol. The van der Waals surface area contributed by atoms with E-state index in [1.54, 1.807) is 36.4 Å². The molecule has 2 heterocycles. The molecule has 0 radical (unpaired) electrons. The number of ether oxygens (including phenoxy) is 1. The predicted octanol–water partition coefficient (Wildman–Crippen LogP) is 3.76. The summed E-state index contributed by atoms with van der Waals surface area (Å²) in [4.78, 5) is 38.2. The van der Waals surface area contributed by atoms with E-state index in [1.165, 1.54) is 37.5 Å². The molecule has 150 valence electrons. The van der Waals surface area contributed by atoms with Crippen LogP contribution in [0.3, 0.4) is 0 Å². The molecule has 3 aromatic rings. The molecule has 2 aromatic carbocycles. The predicted molar refractivity (Wildman–Crippen MR) is 106 cm³/mol. The molecule has 0 aliphatic carbocycles. The molecule has 30 heavy (non-hydrogen) atoms. The van der Waals surface area contributed by atoms with Crippen molar-refractivity contribution in [3.05, 3.63) is 77.8 Å². The fraction of sp³-hybridized carbons (Fsp3) is 0.0455. The standard InChI is InChI=1S/C22H15FN2O5/c1-29-16-7-5-15(6-8-16)25-21(27)18(20(26)24-22(25)28)12-17-9-10-19(30-17)13-3-2-4-14(23)11-13/h2-12H,1H3,(H,24,26,28)/b18-12+. The first-order valence-corrected chi connectivity index (χ1v) is 8.87. The van der Waals surface area contributed by atoms with E-state index in [0.29, 0.717) is 17.1 Å². The first-order valence-electron chi connectivity index (χ1n) is 8.87. The van der Waals surface area contributed by atoms with Gasteiger partial charge in [0.15, 0.2) is 0 Å². The van der Waals surface area contributed by atoms with Crippen LogP contribution < -0.4 is 15.0 Å². The van der Waals surface area contributed by atoms with Crippen LogP contribution in [0.2, 0.25) is 0 Å². The third-order valence-electron chi connectivity index (χ3n) is 4.45. The maximum Gasteiger partial charge on any atom is 0.335 e. The molecule has 4 amide bonds. The Hall–Kier alpha value is -4.20. The molecule has 1 fully saturated rings. The summed E-state index contributed by atoms with van der Waals surface area (Å²) in [7, 11) is 1.49. The molecule has 0 bridgehead atoms. The smallest absolute Gasteiger partial charge is 0.335 e. The number of imide groups is 2. The molecule has 1 aliphatic heterocycles. The highest BCUT2D eigenvalue weighted by molar-refractivity contribution is 6.39. The van der Waals surface area contributed by atoms with Crippen LogP contribution in [-0.4, -0.2) is 25.0 Å². The number of anilines is 1. The summed E-state index contributed by atoms with van der Waals surface area (Å²) in [5.41, 5.74) is 0.510. The lowest BCUT2D eigenvalue weighted by Gasteiger charge is -2.26. The Kier molecular flexibility index (Phi) is 4.89. The van der Waals surface area contributed by atoms with Crippen LogP contribution in [0.1, 0.15) is 5.76 Å². The van der Waals surface area contributed by atoms with E-state index >= 15 is 0 Å². The molecule has 0 unspecified atom stereocenters. The van der Waals surface area contributed by atoms with Gasteiger partial charge < -0.3 is 9.15 Å². The molecule has 1 aromatic heterocycles. The van der Waals surface area contributed by atoms with Gasteiger partial charge in [0.1, 0.15) is 28.7 Å². The lowest BCUT2D eigenvalue weighted by molar-refractivity contribution is -0.122. The number of hydrogen-bond acceptors (Lipinski definition) is 5. The summed E-state index contributed by atoms with van der Waals surface area (Å²) >= 11 is 0. The molecule has 4 rings (SSSR count). The van der Waals surface area contributed by atoms with Crippen LogP contribution in [0, 0.1) is 5.82 Å². The maximum absolute atomic E-state index is 13.4. The van der Waals surface area contributed by atoms with Crippen LogP contribution in [0.25, 0.3) is 17.4 Å². The highest BCUT2D eigenvalue weighted by Crippen LogP contribution is 2.27. The number of carbonyl (C=O) groups is 3. The van der Waals surface area contributed by atoms with Gasteiger partial charge in [-0.15, -0.1) is 0 Å². The average molecular weight is 406 g/mol. The Balaban J connectivity index is 1.66. The van der Waals surface area contributed by atoms with E-state index in [4.69, 9.17) is 9.15 Å². The lowest BCUT2D eigenvalue weighted by Crippen LogP contribution is -2.54. The summed E-state index contributed by atoms with van der Waals surface area (Å²) in [5, 5.41) is 2.14. The van der Waals surface area contributed by atoms with Crippen molar-refractivity contribution in [1.82, 2.24) is 5.32 Å². The number of benzene rings is 2. The highest BCUT2D eigenvalue weighted by Gasteiger charge is 2.37. The number of nitrogens with zero attached hydrogens (tertiary/aromatic N) is 1. The molecule has 1 N–H and O–H groups in total. The van der Waals surface area contributed by atoms with Crippen LogP contribution in [0.15, 0.2) is 70.7 Å². The van der Waals surface area contributed by atoms with Gasteiger partial charge in [0.2, 0.25) is 0 Å². The molecule has 0 saturated carbocycles. The second-order valence-electron chi connectivity index (χ2n) is 6.37. The zero-order valence-electron chi connectivity index (χ0n) is 15.7. The van der Waals surface area contributed by atoms with Crippen molar-refractivity contribution >= 4 is 29.6 Å². The third-order valence-corrected chi connectivity index (χ3v) is 4.45. The van der Waals surface area contributed by atoms with Gasteiger partial charge in [0, 0.05) is 5.56 Å². The van der Waals surface area contributed by atoms with E-state index in [9.17, 15) is 18.8 Å². The molecule has 1 aliphatic rings. The zero-order valence-corrected chi connectivity index (χ0v) is 15.7. The second kappa shape index (κ2) is 7.67. The van der Waals surface area contributed by atoms with Crippen LogP contribution in [0.4, 0.5) is 14.9 Å². The van der Waals surface area contributed by atoms with Crippen molar-refractivity contribution in [3.63, 3.8) is 0 Å². The molecule has 7 nitrogen and oxygen atoms in total. The van der Waals surface area contributed by atoms with Crippen LogP contribution in [-0.2, 0) is 9.59 Å². The van der Waals surface area contributed by atoms with E-state index in [2.05, 4.69) is 5.32 Å². The number of urea groups is 1. The monoisotopic (exact) mass is 406 g/mol. The largest absolute Gasteiger partial charge is 0.497 e. The van der Waals surface area contributed by atoms with Gasteiger partial charge in [-0.25, -0.2) is 14.1 Å². The van der Waals surface area contributed by atoms with Crippen molar-refractivity contribution < 1.29 is 27.9 Å². The summed E-state index contributed by atoms with van der Waals surface area (Å²) in [6.07, 6.45) is 1.24. The Morgan fingerprint density at radius 1 is 1.03 bits per heavy atom. The minimum atomic E-state index is -0.854. The molecule has 1 saturated heterocycles. The van der Waals surface area contributed by atoms with Gasteiger partial charge in [-0.3, -0.25) is 14.9 Å². The van der Waals surface area contributed by atoms with Gasteiger partial charge >= 0.3 is 6.03 Å². The molecule has 0 spiro atoms. The molecular formula is C22H15FN2O5. The summed E-state index contributed by atoms with van der Waals surface area (Å²) < 4.78 is 24.1. The number of furan rings is 1. The van der Waals surface area contributed by atoms with E-state index < -0.39 is 23.7 Å². The topological polar surface area (TPSA) is 88.8 Å². The number of amides is 4. The van der Waals surface area contributed by atoms with Crippen molar-refractivity contribution in [2.24, 2.45) is 0 Å². The molecule has 8 heteroatoms. The number of hydrogen-bond donors (Lipinski definition) is 1. The number of halogens is 1. The average Bonchev–Trinajstić information content (AvgIpc) is 3.20. The van der Waals surface area contributed by atoms with Gasteiger partial charge in [0.05, 0.1) is 12.8 Å². The summed E-state index contributed by atoms with van der Waals surface area (Å²) in [6.45, 7) is 0. The normalized spacial score (nSPS) is 15.5. The van der Waals surface area contributed by atoms with Gasteiger partial charge in [-0.2, -0.15) is 0 Å². The minimum Gasteiger partial charge on any atom is -0.497 e. The van der Waals surface area contributed by atoms with Crippen LogP contribution in [0.5, 0.6) is 5.75 Å². The first kappa shape index (κ1) is 19.1. The number of methoxy groups -OCH3 is 1. The van der Waals surface area contributed by atoms with Crippen molar-refractivity contribution in [3.8, 4) is 17.1 Å². The van der Waals surface area contributed by atoms with E-state index in [1.807, 2.05) is 0 Å². The van der Waals surface area contributed by atoms with Crippen LogP contribution >= 0.6 is 0 Å². The quantitative estimate of drug-likeness (QED) is 0.526. The lowest BCUT2D eigenvalue weighted by atomic mass is 10.1. The molecule has 0 atom stereocenters. The van der Waals surface area contributed by atoms with Gasteiger partial charge in [-0.05, 0) is 54.6 Å². The highest BCUT2D eigenvalue weighted by atomic mass is 19.1. The van der Waals surface area contributed by atoms with E-state index in [0.717, 1.165) is 4.90 Å². The summed E-state index contributed by atoms with van der Waals surface area (Å²) in [6, 6.07) is 14.3. The Morgan fingerprint density at radius 2 is 1.80 bits per heavy atom. The maximum atomic E-state index is 13.4. The Morgan fingerprint density at radius 3 is 2.50 bits per heavy atom. The second-order valence-corrected chi connectivity index (χ2v) is 6.37. The number of carbonyl (C=O) groups excluding carboxylic acids is 3. The minimum absolute atomic E-state index is 0.205. The van der Waals surface area contributed by atoms with Crippen molar-refractivity contribution in [1.29, 1.82) is 0 Å². The fourth-order valence-electron chi connectivity index (χ4n) is 2.99. The Bertz CT molecular complexity index is 1180. The van der Waals surface area contributed by atoms with Crippen molar-refractivity contribution in [2.45, 2.75) is 0 Å². The third kappa shape index (κ3) is 3.58. The van der Waals surface area contributed by atoms with Gasteiger partial charge in [0.25, 0.3) is 11.8 Å². The van der Waals surface area contributed by atoms with E-state index in [-0.39, 0.29) is 17.0 Å². The number of nitrogens with one attached hydrogen (secondary N) is 1. The zero-order chi connectivity index (χ0) is 21.3. The number of rotatable bonds is 4.